The molecule has 0 aromatic carbocycles. The van der Waals surface area contributed by atoms with Gasteiger partial charge in [-0.15, -0.1) is 0 Å². The molecule has 0 saturated carbocycles. The summed E-state index contributed by atoms with van der Waals surface area (Å²) in [6.07, 6.45) is 2.67. The zero-order valence-electron chi connectivity index (χ0n) is 11.9. The van der Waals surface area contributed by atoms with E-state index in [9.17, 15) is 5.11 Å². The smallest absolute Gasteiger partial charge is 0.144 e. The molecule has 1 aliphatic rings. The van der Waals surface area contributed by atoms with Crippen LogP contribution in [0.15, 0.2) is 6.07 Å². The number of hydrogen-bond acceptors (Lipinski definition) is 5. The van der Waals surface area contributed by atoms with Gasteiger partial charge in [0.25, 0.3) is 0 Å². The fraction of sp³-hybridized carbons (Fsp3) is 0.714. The first-order chi connectivity index (χ1) is 9.17. The molecular weight excluding hydrogens is 240 g/mol. The van der Waals surface area contributed by atoms with Gasteiger partial charge in [0.2, 0.25) is 0 Å². The number of nitrogens with zero attached hydrogens (tertiary/aromatic N) is 3. The van der Waals surface area contributed by atoms with E-state index in [0.29, 0.717) is 0 Å². The van der Waals surface area contributed by atoms with Crippen LogP contribution in [0.4, 0.5) is 5.82 Å². The third kappa shape index (κ3) is 4.44. The zero-order chi connectivity index (χ0) is 13.7. The summed E-state index contributed by atoms with van der Waals surface area (Å²) >= 11 is 0. The van der Waals surface area contributed by atoms with Gasteiger partial charge in [0, 0.05) is 31.4 Å². The van der Waals surface area contributed by atoms with Gasteiger partial charge < -0.3 is 10.4 Å². The van der Waals surface area contributed by atoms with Gasteiger partial charge in [0.1, 0.15) is 11.6 Å². The summed E-state index contributed by atoms with van der Waals surface area (Å²) < 4.78 is 0. The summed E-state index contributed by atoms with van der Waals surface area (Å²) in [6, 6.07) is 1.99. The number of aliphatic hydroxyl groups is 1. The summed E-state index contributed by atoms with van der Waals surface area (Å²) in [5, 5.41) is 12.8. The van der Waals surface area contributed by atoms with Gasteiger partial charge in [-0.2, -0.15) is 0 Å². The Hall–Kier alpha value is -1.20. The highest BCUT2D eigenvalue weighted by Gasteiger charge is 2.18. The minimum Gasteiger partial charge on any atom is -0.393 e. The summed E-state index contributed by atoms with van der Waals surface area (Å²) in [5.41, 5.74) is 1.00. The van der Waals surface area contributed by atoms with Crippen LogP contribution in [-0.2, 0) is 6.54 Å². The second-order valence-electron chi connectivity index (χ2n) is 5.24. The molecule has 5 nitrogen and oxygen atoms in total. The lowest BCUT2D eigenvalue weighted by Gasteiger charge is -2.28. The van der Waals surface area contributed by atoms with E-state index >= 15 is 0 Å². The van der Waals surface area contributed by atoms with Crippen molar-refractivity contribution in [2.24, 2.45) is 0 Å². The van der Waals surface area contributed by atoms with Crippen molar-refractivity contribution in [3.63, 3.8) is 0 Å². The number of likely N-dealkylation sites (tertiary alicyclic amines) is 1. The fourth-order valence-electron chi connectivity index (χ4n) is 2.32. The van der Waals surface area contributed by atoms with E-state index < -0.39 is 0 Å². The lowest BCUT2D eigenvalue weighted by molar-refractivity contribution is 0.0780. The molecule has 0 amide bonds. The monoisotopic (exact) mass is 264 g/mol. The van der Waals surface area contributed by atoms with Crippen LogP contribution in [0.5, 0.6) is 0 Å². The number of rotatable bonds is 5. The van der Waals surface area contributed by atoms with E-state index in [1.165, 1.54) is 0 Å². The van der Waals surface area contributed by atoms with Crippen LogP contribution in [0.3, 0.4) is 0 Å². The largest absolute Gasteiger partial charge is 0.393 e. The molecule has 106 valence electrons. The molecule has 1 aromatic heterocycles. The van der Waals surface area contributed by atoms with E-state index in [4.69, 9.17) is 0 Å². The second-order valence-corrected chi connectivity index (χ2v) is 5.24. The predicted octanol–water partition coefficient (Wildman–Crippen LogP) is 1.56. The lowest BCUT2D eigenvalue weighted by Crippen LogP contribution is -2.35. The Labute approximate surface area is 115 Å². The van der Waals surface area contributed by atoms with Crippen molar-refractivity contribution >= 4 is 5.82 Å². The molecule has 1 saturated heterocycles. The molecule has 2 N–H and O–H groups in total. The van der Waals surface area contributed by atoms with Gasteiger partial charge in [0.05, 0.1) is 12.6 Å². The molecule has 0 atom stereocenters. The van der Waals surface area contributed by atoms with Crippen LogP contribution in [0.25, 0.3) is 0 Å². The van der Waals surface area contributed by atoms with E-state index in [2.05, 4.69) is 27.1 Å². The highest BCUT2D eigenvalue weighted by molar-refractivity contribution is 5.35. The molecular formula is C14H24N4O. The zero-order valence-corrected chi connectivity index (χ0v) is 11.9. The molecule has 1 aromatic rings. The normalized spacial score (nSPS) is 17.6. The van der Waals surface area contributed by atoms with Crippen LogP contribution >= 0.6 is 0 Å². The van der Waals surface area contributed by atoms with Crippen molar-refractivity contribution < 1.29 is 5.11 Å². The van der Waals surface area contributed by atoms with Crippen LogP contribution < -0.4 is 5.32 Å². The average Bonchev–Trinajstić information content (AvgIpc) is 2.38. The van der Waals surface area contributed by atoms with Crippen molar-refractivity contribution in [1.82, 2.24) is 14.9 Å². The van der Waals surface area contributed by atoms with Crippen molar-refractivity contribution in [2.45, 2.75) is 45.8 Å². The topological polar surface area (TPSA) is 61.3 Å². The minimum absolute atomic E-state index is 0.128. The number of anilines is 1. The SMILES string of the molecule is CCCNc1cc(C)nc(CN2CCC(O)CC2)n1. The number of piperidine rings is 1. The maximum Gasteiger partial charge on any atom is 0.144 e. The summed E-state index contributed by atoms with van der Waals surface area (Å²) in [6.45, 7) is 7.71. The molecule has 5 heteroatoms. The molecule has 0 aliphatic carbocycles. The third-order valence-corrected chi connectivity index (χ3v) is 3.38. The van der Waals surface area contributed by atoms with Gasteiger partial charge >= 0.3 is 0 Å². The number of aryl methyl sites for hydroxylation is 1. The number of aliphatic hydroxyl groups excluding tert-OH is 1. The third-order valence-electron chi connectivity index (χ3n) is 3.38. The maximum absolute atomic E-state index is 9.51. The van der Waals surface area contributed by atoms with Crippen LogP contribution in [-0.4, -0.2) is 45.7 Å². The minimum atomic E-state index is -0.128. The Morgan fingerprint density at radius 2 is 2.11 bits per heavy atom. The molecule has 19 heavy (non-hydrogen) atoms. The van der Waals surface area contributed by atoms with Crippen molar-refractivity contribution in [3.8, 4) is 0 Å². The molecule has 0 spiro atoms. The van der Waals surface area contributed by atoms with Gasteiger partial charge in [-0.05, 0) is 26.2 Å². The lowest BCUT2D eigenvalue weighted by atomic mass is 10.1. The van der Waals surface area contributed by atoms with Crippen LogP contribution in [0, 0.1) is 6.92 Å². The molecule has 0 bridgehead atoms. The first kappa shape index (κ1) is 14.2. The maximum atomic E-state index is 9.51. The first-order valence-corrected chi connectivity index (χ1v) is 7.16. The Balaban J connectivity index is 1.97. The quantitative estimate of drug-likeness (QED) is 0.845. The van der Waals surface area contributed by atoms with E-state index in [1.54, 1.807) is 0 Å². The Morgan fingerprint density at radius 3 is 2.79 bits per heavy atom. The first-order valence-electron chi connectivity index (χ1n) is 7.16. The fourth-order valence-corrected chi connectivity index (χ4v) is 2.32. The van der Waals surface area contributed by atoms with E-state index in [-0.39, 0.29) is 6.10 Å². The second kappa shape index (κ2) is 6.82. The Morgan fingerprint density at radius 1 is 1.37 bits per heavy atom. The van der Waals surface area contributed by atoms with E-state index in [1.807, 2.05) is 13.0 Å². The van der Waals surface area contributed by atoms with Crippen LogP contribution in [0.2, 0.25) is 0 Å². The Kier molecular flexibility index (Phi) is 5.10. The predicted molar refractivity (Wildman–Crippen MR) is 76.1 cm³/mol. The van der Waals surface area contributed by atoms with Gasteiger partial charge in [-0.25, -0.2) is 9.97 Å². The number of aromatic nitrogens is 2. The van der Waals surface area contributed by atoms with Crippen molar-refractivity contribution in [1.29, 1.82) is 0 Å². The highest BCUT2D eigenvalue weighted by atomic mass is 16.3. The van der Waals surface area contributed by atoms with Crippen molar-refractivity contribution in [2.75, 3.05) is 25.0 Å². The van der Waals surface area contributed by atoms with Crippen LogP contribution in [0.1, 0.15) is 37.7 Å². The molecule has 2 rings (SSSR count). The average molecular weight is 264 g/mol. The van der Waals surface area contributed by atoms with Gasteiger partial charge in [-0.3, -0.25) is 4.90 Å². The molecule has 0 unspecified atom stereocenters. The summed E-state index contributed by atoms with van der Waals surface area (Å²) in [5.74, 6) is 1.79. The van der Waals surface area contributed by atoms with E-state index in [0.717, 1.165) is 62.8 Å². The highest BCUT2D eigenvalue weighted by Crippen LogP contribution is 2.13. The summed E-state index contributed by atoms with van der Waals surface area (Å²) in [7, 11) is 0. The molecule has 2 heterocycles. The molecule has 0 radical (unpaired) electrons. The number of hydrogen-bond donors (Lipinski definition) is 2. The van der Waals surface area contributed by atoms with Gasteiger partial charge in [0.15, 0.2) is 0 Å². The van der Waals surface area contributed by atoms with Crippen molar-refractivity contribution in [3.05, 3.63) is 17.6 Å². The van der Waals surface area contributed by atoms with Gasteiger partial charge in [-0.1, -0.05) is 6.92 Å². The molecule has 1 fully saturated rings. The summed E-state index contributed by atoms with van der Waals surface area (Å²) in [4.78, 5) is 11.4. The molecule has 1 aliphatic heterocycles. The Bertz CT molecular complexity index is 402. The standard InChI is InChI=1S/C14H24N4O/c1-3-6-15-13-9-11(2)16-14(17-13)10-18-7-4-12(19)5-8-18/h9,12,19H,3-8,10H2,1-2H3,(H,15,16,17). The number of nitrogens with one attached hydrogen (secondary N) is 1.